The molecule has 42 heavy (non-hydrogen) atoms. The van der Waals surface area contributed by atoms with E-state index < -0.39 is 29.3 Å². The van der Waals surface area contributed by atoms with E-state index in [0.29, 0.717) is 30.4 Å². The summed E-state index contributed by atoms with van der Waals surface area (Å²) in [5.41, 5.74) is 1.35. The highest BCUT2D eigenvalue weighted by molar-refractivity contribution is 7.12. The molecule has 14 heteroatoms. The number of nitrogens with zero attached hydrogens (tertiary/aromatic N) is 8. The van der Waals surface area contributed by atoms with Crippen LogP contribution in [0.15, 0.2) is 45.4 Å². The Bertz CT molecular complexity index is 1590. The molecule has 0 bridgehead atoms. The van der Waals surface area contributed by atoms with Crippen LogP contribution in [0, 0.1) is 11.3 Å². The van der Waals surface area contributed by atoms with E-state index in [9.17, 15) is 18.7 Å². The molecule has 1 saturated carbocycles. The van der Waals surface area contributed by atoms with E-state index in [1.165, 1.54) is 37.6 Å². The fraction of sp³-hybridized carbons (Fsp3) is 0.464. The summed E-state index contributed by atoms with van der Waals surface area (Å²) in [5.74, 6) is -3.24. The van der Waals surface area contributed by atoms with Crippen molar-refractivity contribution in [3.8, 4) is 5.69 Å². The summed E-state index contributed by atoms with van der Waals surface area (Å²) in [6, 6.07) is 1.71. The molecule has 11 nitrogen and oxygen atoms in total. The Labute approximate surface area is 245 Å². The number of aliphatic hydroxyl groups excluding tert-OH is 1. The molecular weight excluding hydrogens is 564 g/mol. The first kappa shape index (κ1) is 28.2. The first-order valence-corrected chi connectivity index (χ1v) is 14.7. The van der Waals surface area contributed by atoms with Gasteiger partial charge in [-0.05, 0) is 32.3 Å². The Hall–Kier alpha value is -3.91. The van der Waals surface area contributed by atoms with Crippen LogP contribution in [0.25, 0.3) is 5.69 Å². The van der Waals surface area contributed by atoms with E-state index in [2.05, 4.69) is 40.4 Å². The van der Waals surface area contributed by atoms with Gasteiger partial charge in [-0.3, -0.25) is 4.79 Å². The normalized spacial score (nSPS) is 21.0. The third-order valence-corrected chi connectivity index (χ3v) is 8.95. The van der Waals surface area contributed by atoms with E-state index in [4.69, 9.17) is 0 Å². The number of pyridine rings is 1. The monoisotopic (exact) mass is 595 g/mol. The quantitative estimate of drug-likeness (QED) is 0.393. The number of β-amino-alcohol motifs (C(OH)–C–C–N with tert-alkyl or cyclic N) is 1. The van der Waals surface area contributed by atoms with Crippen molar-refractivity contribution in [2.75, 3.05) is 23.3 Å². The van der Waals surface area contributed by atoms with E-state index in [1.54, 1.807) is 24.0 Å². The molecule has 2 N–H and O–H groups in total. The summed E-state index contributed by atoms with van der Waals surface area (Å²) in [5, 5.41) is 22.9. The van der Waals surface area contributed by atoms with Crippen molar-refractivity contribution in [2.24, 2.45) is 26.5 Å². The van der Waals surface area contributed by atoms with Crippen LogP contribution in [0.2, 0.25) is 0 Å². The molecule has 3 aromatic heterocycles. The second-order valence-corrected chi connectivity index (χ2v) is 12.4. The van der Waals surface area contributed by atoms with Crippen LogP contribution in [-0.2, 0) is 0 Å². The lowest BCUT2D eigenvalue weighted by Gasteiger charge is -2.34. The lowest BCUT2D eigenvalue weighted by atomic mass is 9.75. The second-order valence-electron chi connectivity index (χ2n) is 11.5. The molecule has 0 spiro atoms. The summed E-state index contributed by atoms with van der Waals surface area (Å²) in [4.78, 5) is 33.0. The fourth-order valence-electron chi connectivity index (χ4n) is 4.79. The predicted octanol–water partition coefficient (Wildman–Crippen LogP) is 4.54. The highest BCUT2D eigenvalue weighted by Crippen LogP contribution is 2.41. The summed E-state index contributed by atoms with van der Waals surface area (Å²) < 4.78 is 30.2. The van der Waals surface area contributed by atoms with Crippen LogP contribution >= 0.6 is 11.3 Å². The van der Waals surface area contributed by atoms with Crippen LogP contribution in [0.4, 0.5) is 20.3 Å². The van der Waals surface area contributed by atoms with Crippen molar-refractivity contribution in [2.45, 2.75) is 58.0 Å². The van der Waals surface area contributed by atoms with Crippen LogP contribution < -0.4 is 10.2 Å². The summed E-state index contributed by atoms with van der Waals surface area (Å²) >= 11 is 1.19. The number of anilines is 2. The molecule has 220 valence electrons. The number of imidazole rings is 1. The first-order valence-electron chi connectivity index (χ1n) is 13.8. The van der Waals surface area contributed by atoms with Crippen LogP contribution in [0.1, 0.15) is 67.1 Å². The predicted molar refractivity (Wildman–Crippen MR) is 158 cm³/mol. The van der Waals surface area contributed by atoms with Gasteiger partial charge in [0.25, 0.3) is 11.8 Å². The Kier molecular flexibility index (Phi) is 7.21. The fourth-order valence-corrected chi connectivity index (χ4v) is 5.47. The standard InChI is InChI=1S/C28H31F2N9O2S/c1-27(2,28(3,29)30)17-9-32-24(37-34-10-17)26-36-23(14-42-26)35-25(41)19-8-21(39-13-20(33-15-39)16-4-5-16)22(11-31-19)38-7-6-18(40)12-38/h8-11,13-18,40H,4-7,12H2,1-3H3,(H,35,41)/t17-,18?/m0/s1. The zero-order valence-electron chi connectivity index (χ0n) is 23.4. The van der Waals surface area contributed by atoms with Gasteiger partial charge >= 0.3 is 0 Å². The van der Waals surface area contributed by atoms with Gasteiger partial charge in [-0.2, -0.15) is 5.10 Å². The third kappa shape index (κ3) is 5.60. The molecule has 1 amide bonds. The lowest BCUT2D eigenvalue weighted by molar-refractivity contribution is -0.0933. The molecule has 1 aliphatic carbocycles. The maximum Gasteiger partial charge on any atom is 0.275 e. The molecule has 0 aromatic carbocycles. The number of carbonyl (C=O) groups is 1. The first-order chi connectivity index (χ1) is 20.0. The number of halogens is 2. The van der Waals surface area contributed by atoms with E-state index in [0.717, 1.165) is 36.8 Å². The Morgan fingerprint density at radius 3 is 2.67 bits per heavy atom. The number of aliphatic hydroxyl groups is 1. The summed E-state index contributed by atoms with van der Waals surface area (Å²) in [7, 11) is 0. The molecule has 2 fully saturated rings. The largest absolute Gasteiger partial charge is 0.391 e. The average Bonchev–Trinajstić information content (AvgIpc) is 3.36. The minimum atomic E-state index is -2.96. The molecule has 3 aliphatic rings. The van der Waals surface area contributed by atoms with Crippen molar-refractivity contribution in [1.82, 2.24) is 19.5 Å². The van der Waals surface area contributed by atoms with Crippen molar-refractivity contribution >= 4 is 47.0 Å². The van der Waals surface area contributed by atoms with Gasteiger partial charge in [0.05, 0.1) is 35.7 Å². The number of aromatic nitrogens is 4. The average molecular weight is 596 g/mol. The number of rotatable bonds is 8. The molecular formula is C28H31F2N9O2S. The number of hydrogen-bond donors (Lipinski definition) is 2. The molecule has 5 heterocycles. The van der Waals surface area contributed by atoms with Crippen molar-refractivity contribution in [3.63, 3.8) is 0 Å². The number of hydrogen-bond acceptors (Lipinski definition) is 10. The van der Waals surface area contributed by atoms with E-state index >= 15 is 0 Å². The number of alkyl halides is 2. The topological polar surface area (TPSA) is 133 Å². The van der Waals surface area contributed by atoms with Crippen LogP contribution in [0.5, 0.6) is 0 Å². The highest BCUT2D eigenvalue weighted by Gasteiger charge is 2.47. The number of amides is 1. The number of thiazole rings is 1. The molecule has 1 unspecified atom stereocenters. The lowest BCUT2D eigenvalue weighted by Crippen LogP contribution is -2.41. The van der Waals surface area contributed by atoms with E-state index in [1.807, 2.05) is 10.8 Å². The van der Waals surface area contributed by atoms with Gasteiger partial charge in [0, 0.05) is 54.3 Å². The van der Waals surface area contributed by atoms with Gasteiger partial charge < -0.3 is 19.9 Å². The Balaban J connectivity index is 1.20. The third-order valence-electron chi connectivity index (χ3n) is 8.11. The molecule has 3 aromatic rings. The minimum Gasteiger partial charge on any atom is -0.391 e. The Morgan fingerprint density at radius 1 is 1.14 bits per heavy atom. The highest BCUT2D eigenvalue weighted by atomic mass is 32.1. The zero-order valence-corrected chi connectivity index (χ0v) is 24.2. The van der Waals surface area contributed by atoms with Gasteiger partial charge in [-0.1, -0.05) is 13.8 Å². The van der Waals surface area contributed by atoms with Gasteiger partial charge in [-0.15, -0.1) is 16.4 Å². The van der Waals surface area contributed by atoms with Gasteiger partial charge in [0.1, 0.15) is 11.5 Å². The maximum absolute atomic E-state index is 14.1. The molecule has 6 rings (SSSR count). The number of nitrogens with one attached hydrogen (secondary N) is 1. The minimum absolute atomic E-state index is 0.165. The molecule has 0 radical (unpaired) electrons. The molecule has 2 aliphatic heterocycles. The van der Waals surface area contributed by atoms with Gasteiger partial charge in [0.15, 0.2) is 5.01 Å². The SMILES string of the molecule is CC(F)(F)C(C)(C)[C@@H]1C=NN=C(c2nc(NC(=O)c3cc(-n4cnc(C5CC5)c4)c(N4CCC(O)C4)cn3)cs2)N=C1. The van der Waals surface area contributed by atoms with Crippen molar-refractivity contribution in [1.29, 1.82) is 0 Å². The number of carbonyl (C=O) groups excluding carboxylic acids is 1. The smallest absolute Gasteiger partial charge is 0.275 e. The second kappa shape index (κ2) is 10.7. The van der Waals surface area contributed by atoms with Gasteiger partial charge in [0.2, 0.25) is 5.84 Å². The maximum atomic E-state index is 14.1. The molecule has 2 atom stereocenters. The van der Waals surface area contributed by atoms with Gasteiger partial charge in [-0.25, -0.2) is 28.7 Å². The van der Waals surface area contributed by atoms with E-state index in [-0.39, 0.29) is 17.3 Å². The summed E-state index contributed by atoms with van der Waals surface area (Å²) in [6.45, 7) is 4.96. The Morgan fingerprint density at radius 2 is 1.95 bits per heavy atom. The number of amidine groups is 1. The summed E-state index contributed by atoms with van der Waals surface area (Å²) in [6.07, 6.45) is 10.6. The zero-order chi connectivity index (χ0) is 29.6. The van der Waals surface area contributed by atoms with Crippen molar-refractivity contribution < 1.29 is 18.7 Å². The van der Waals surface area contributed by atoms with Crippen LogP contribution in [0.3, 0.4) is 0 Å². The molecule has 1 saturated heterocycles. The van der Waals surface area contributed by atoms with Crippen LogP contribution in [-0.4, -0.2) is 73.9 Å². The number of aliphatic imine (C=N–C) groups is 1. The van der Waals surface area contributed by atoms with Crippen molar-refractivity contribution in [3.05, 3.63) is 46.6 Å².